The molecule has 0 bridgehead atoms. The first-order valence-corrected chi connectivity index (χ1v) is 7.25. The van der Waals surface area contributed by atoms with E-state index in [0.717, 1.165) is 9.32 Å². The first kappa shape index (κ1) is 14.6. The first-order valence-electron chi connectivity index (χ1n) is 6.17. The molecule has 0 fully saturated rings. The third-order valence-corrected chi connectivity index (χ3v) is 3.36. The van der Waals surface area contributed by atoms with Gasteiger partial charge in [-0.05, 0) is 71.1 Å². The maximum absolute atomic E-state index is 11.8. The van der Waals surface area contributed by atoms with E-state index < -0.39 is 0 Å². The highest BCUT2D eigenvalue weighted by atomic mass is 127. The maximum Gasteiger partial charge on any atom is 0.251 e. The molecule has 0 radical (unpaired) electrons. The number of nitrogens with two attached hydrogens (primary N) is 1. The van der Waals surface area contributed by atoms with Crippen molar-refractivity contribution in [2.45, 2.75) is 0 Å². The van der Waals surface area contributed by atoms with Crippen LogP contribution in [0.1, 0.15) is 10.4 Å². The fraction of sp³-hybridized carbons (Fsp3) is 0.133. The molecule has 2 rings (SSSR count). The van der Waals surface area contributed by atoms with E-state index in [1.54, 1.807) is 36.4 Å². The van der Waals surface area contributed by atoms with Gasteiger partial charge in [-0.1, -0.05) is 0 Å². The third-order valence-electron chi connectivity index (χ3n) is 2.64. The summed E-state index contributed by atoms with van der Waals surface area (Å²) in [6.45, 7) is 0.870. The van der Waals surface area contributed by atoms with Crippen LogP contribution in [-0.2, 0) is 0 Å². The summed E-state index contributed by atoms with van der Waals surface area (Å²) in [7, 11) is 0. The number of amides is 1. The predicted octanol–water partition coefficient (Wildman–Crippen LogP) is 2.68. The Kier molecular flexibility index (Phi) is 5.23. The lowest BCUT2D eigenvalue weighted by molar-refractivity contribution is 0.0947. The second-order valence-electron chi connectivity index (χ2n) is 4.18. The molecule has 0 unspecified atom stereocenters. The van der Waals surface area contributed by atoms with E-state index in [1.165, 1.54) is 0 Å². The molecule has 20 heavy (non-hydrogen) atoms. The second-order valence-corrected chi connectivity index (χ2v) is 5.43. The summed E-state index contributed by atoms with van der Waals surface area (Å²) in [5.41, 5.74) is 6.93. The molecule has 0 saturated heterocycles. The summed E-state index contributed by atoms with van der Waals surface area (Å²) in [4.78, 5) is 11.8. The van der Waals surface area contributed by atoms with Gasteiger partial charge in [0, 0.05) is 14.8 Å². The average molecular weight is 382 g/mol. The quantitative estimate of drug-likeness (QED) is 0.475. The summed E-state index contributed by atoms with van der Waals surface area (Å²) in [5, 5.41) is 2.81. The lowest BCUT2D eigenvalue weighted by atomic mass is 10.2. The van der Waals surface area contributed by atoms with Gasteiger partial charge in [0.25, 0.3) is 5.91 Å². The van der Waals surface area contributed by atoms with Crippen molar-refractivity contribution in [3.63, 3.8) is 0 Å². The Morgan fingerprint density at radius 3 is 2.40 bits per heavy atom. The zero-order valence-electron chi connectivity index (χ0n) is 10.8. The van der Waals surface area contributed by atoms with Crippen molar-refractivity contribution in [1.29, 1.82) is 0 Å². The number of hydrogen-bond donors (Lipinski definition) is 2. The lowest BCUT2D eigenvalue weighted by Gasteiger charge is -2.08. The van der Waals surface area contributed by atoms with Gasteiger partial charge < -0.3 is 15.8 Å². The van der Waals surface area contributed by atoms with Gasteiger partial charge in [0.2, 0.25) is 0 Å². The molecule has 2 aromatic rings. The number of halogens is 1. The minimum atomic E-state index is -0.0951. The Morgan fingerprint density at radius 1 is 1.10 bits per heavy atom. The molecule has 0 atom stereocenters. The fourth-order valence-electron chi connectivity index (χ4n) is 1.60. The highest BCUT2D eigenvalue weighted by Crippen LogP contribution is 2.12. The van der Waals surface area contributed by atoms with Crippen molar-refractivity contribution in [1.82, 2.24) is 5.32 Å². The van der Waals surface area contributed by atoms with Crippen LogP contribution in [0.3, 0.4) is 0 Å². The number of hydrogen-bond acceptors (Lipinski definition) is 3. The molecular formula is C15H15IN2O2. The number of carbonyl (C=O) groups excluding carboxylic acids is 1. The molecule has 104 valence electrons. The van der Waals surface area contributed by atoms with Crippen LogP contribution < -0.4 is 15.8 Å². The van der Waals surface area contributed by atoms with Crippen LogP contribution in [0.25, 0.3) is 0 Å². The summed E-state index contributed by atoms with van der Waals surface area (Å²) in [5.74, 6) is 0.644. The fourth-order valence-corrected chi connectivity index (χ4v) is 1.96. The minimum Gasteiger partial charge on any atom is -0.492 e. The third kappa shape index (κ3) is 4.41. The topological polar surface area (TPSA) is 64.3 Å². The number of nitrogens with one attached hydrogen (secondary N) is 1. The maximum atomic E-state index is 11.8. The number of nitrogen functional groups attached to an aromatic ring is 1. The zero-order valence-corrected chi connectivity index (χ0v) is 13.0. The van der Waals surface area contributed by atoms with Gasteiger partial charge in [-0.25, -0.2) is 0 Å². The summed E-state index contributed by atoms with van der Waals surface area (Å²) in [6, 6.07) is 14.6. The smallest absolute Gasteiger partial charge is 0.251 e. The van der Waals surface area contributed by atoms with Crippen molar-refractivity contribution >= 4 is 34.2 Å². The Labute approximate surface area is 131 Å². The zero-order chi connectivity index (χ0) is 14.4. The van der Waals surface area contributed by atoms with Crippen molar-refractivity contribution in [3.8, 4) is 5.75 Å². The Morgan fingerprint density at radius 2 is 1.75 bits per heavy atom. The molecule has 0 aliphatic heterocycles. The van der Waals surface area contributed by atoms with Crippen molar-refractivity contribution < 1.29 is 9.53 Å². The molecule has 0 aliphatic rings. The van der Waals surface area contributed by atoms with Gasteiger partial charge >= 0.3 is 0 Å². The molecule has 3 N–H and O–H groups in total. The van der Waals surface area contributed by atoms with Crippen LogP contribution in [0.15, 0.2) is 48.5 Å². The molecule has 2 aromatic carbocycles. The number of carbonyl (C=O) groups is 1. The largest absolute Gasteiger partial charge is 0.492 e. The number of benzene rings is 2. The first-order chi connectivity index (χ1) is 9.65. The second kappa shape index (κ2) is 7.14. The van der Waals surface area contributed by atoms with Crippen LogP contribution in [0, 0.1) is 3.57 Å². The molecule has 4 nitrogen and oxygen atoms in total. The normalized spacial score (nSPS) is 10.1. The average Bonchev–Trinajstić information content (AvgIpc) is 2.46. The molecule has 1 amide bonds. The highest BCUT2D eigenvalue weighted by molar-refractivity contribution is 14.1. The van der Waals surface area contributed by atoms with Gasteiger partial charge in [0.05, 0.1) is 6.54 Å². The summed E-state index contributed by atoms with van der Waals surface area (Å²) < 4.78 is 6.60. The monoisotopic (exact) mass is 382 g/mol. The van der Waals surface area contributed by atoms with Crippen molar-refractivity contribution in [2.24, 2.45) is 0 Å². The number of ether oxygens (including phenoxy) is 1. The Hall–Kier alpha value is -1.76. The van der Waals surface area contributed by atoms with E-state index in [4.69, 9.17) is 10.5 Å². The van der Waals surface area contributed by atoms with E-state index in [0.29, 0.717) is 24.4 Å². The van der Waals surface area contributed by atoms with E-state index in [-0.39, 0.29) is 5.91 Å². The standard InChI is InChI=1S/C15H15IN2O2/c16-12-3-1-11(2-4-12)15(19)18-9-10-20-14-7-5-13(17)6-8-14/h1-8H,9-10,17H2,(H,18,19). The minimum absolute atomic E-state index is 0.0951. The predicted molar refractivity (Wildman–Crippen MR) is 87.8 cm³/mol. The molecule has 0 aromatic heterocycles. The molecule has 0 saturated carbocycles. The van der Waals surface area contributed by atoms with Gasteiger partial charge in [-0.2, -0.15) is 0 Å². The van der Waals surface area contributed by atoms with Gasteiger partial charge in [-0.15, -0.1) is 0 Å². The van der Waals surface area contributed by atoms with Crippen LogP contribution >= 0.6 is 22.6 Å². The molecule has 0 spiro atoms. The van der Waals surface area contributed by atoms with E-state index in [1.807, 2.05) is 12.1 Å². The van der Waals surface area contributed by atoms with Crippen LogP contribution in [0.5, 0.6) is 5.75 Å². The number of anilines is 1. The Balaban J connectivity index is 1.74. The SMILES string of the molecule is Nc1ccc(OCCNC(=O)c2ccc(I)cc2)cc1. The van der Waals surface area contributed by atoms with Crippen molar-refractivity contribution in [2.75, 3.05) is 18.9 Å². The molecule has 0 heterocycles. The van der Waals surface area contributed by atoms with Crippen LogP contribution in [-0.4, -0.2) is 19.1 Å². The van der Waals surface area contributed by atoms with Crippen LogP contribution in [0.2, 0.25) is 0 Å². The summed E-state index contributed by atoms with van der Waals surface area (Å²) in [6.07, 6.45) is 0. The van der Waals surface area contributed by atoms with Gasteiger partial charge in [0.15, 0.2) is 0 Å². The van der Waals surface area contributed by atoms with Crippen molar-refractivity contribution in [3.05, 3.63) is 57.7 Å². The van der Waals surface area contributed by atoms with E-state index in [9.17, 15) is 4.79 Å². The Bertz CT molecular complexity index is 567. The van der Waals surface area contributed by atoms with Gasteiger partial charge in [0.1, 0.15) is 12.4 Å². The molecule has 5 heteroatoms. The van der Waals surface area contributed by atoms with Gasteiger partial charge in [-0.3, -0.25) is 4.79 Å². The molecular weight excluding hydrogens is 367 g/mol. The molecule has 0 aliphatic carbocycles. The lowest BCUT2D eigenvalue weighted by Crippen LogP contribution is -2.28. The van der Waals surface area contributed by atoms with Crippen LogP contribution in [0.4, 0.5) is 5.69 Å². The number of rotatable bonds is 5. The van der Waals surface area contributed by atoms with E-state index >= 15 is 0 Å². The summed E-state index contributed by atoms with van der Waals surface area (Å²) >= 11 is 2.20. The highest BCUT2D eigenvalue weighted by Gasteiger charge is 2.04. The van der Waals surface area contributed by atoms with E-state index in [2.05, 4.69) is 27.9 Å².